The first kappa shape index (κ1) is 8.05. The Morgan fingerprint density at radius 2 is 2.00 bits per heavy atom. The highest BCUT2D eigenvalue weighted by Crippen LogP contribution is 2.47. The van der Waals surface area contributed by atoms with Crippen LogP contribution in [0, 0.1) is 17.8 Å². The Bertz CT molecular complexity index is 187. The monoisotopic (exact) mass is 169 g/mol. The number of nitrogens with one attached hydrogen (secondary N) is 1. The Kier molecular flexibility index (Phi) is 2.05. The van der Waals surface area contributed by atoms with E-state index >= 15 is 0 Å². The Morgan fingerprint density at radius 1 is 1.33 bits per heavy atom. The van der Waals surface area contributed by atoms with Crippen molar-refractivity contribution in [3.05, 3.63) is 0 Å². The third kappa shape index (κ3) is 1.46. The second kappa shape index (κ2) is 3.05. The molecule has 0 unspecified atom stereocenters. The molecule has 1 heterocycles. The van der Waals surface area contributed by atoms with Crippen molar-refractivity contribution >= 4 is 5.97 Å². The fourth-order valence-electron chi connectivity index (χ4n) is 2.29. The van der Waals surface area contributed by atoms with Gasteiger partial charge in [0.1, 0.15) is 0 Å². The van der Waals surface area contributed by atoms with Gasteiger partial charge >= 0.3 is 5.97 Å². The summed E-state index contributed by atoms with van der Waals surface area (Å²) in [7, 11) is 0. The third-order valence-electron chi connectivity index (χ3n) is 3.15. The Morgan fingerprint density at radius 3 is 2.50 bits per heavy atom. The number of piperidine rings is 1. The maximum absolute atomic E-state index is 10.6. The lowest BCUT2D eigenvalue weighted by Crippen LogP contribution is -2.29. The average Bonchev–Trinajstić information content (AvgIpc) is 2.84. The summed E-state index contributed by atoms with van der Waals surface area (Å²) in [6, 6.07) is 0. The molecule has 1 aliphatic carbocycles. The Hall–Kier alpha value is -0.570. The number of hydrogen-bond acceptors (Lipinski definition) is 2. The normalized spacial score (nSPS) is 36.3. The predicted octanol–water partition coefficient (Wildman–Crippen LogP) is 0.707. The van der Waals surface area contributed by atoms with Crippen LogP contribution in [-0.4, -0.2) is 24.2 Å². The quantitative estimate of drug-likeness (QED) is 0.640. The first-order chi connectivity index (χ1) is 5.79. The van der Waals surface area contributed by atoms with Crippen molar-refractivity contribution in [2.75, 3.05) is 13.1 Å². The molecule has 2 atom stereocenters. The summed E-state index contributed by atoms with van der Waals surface area (Å²) < 4.78 is 0. The summed E-state index contributed by atoms with van der Waals surface area (Å²) in [5.74, 6) is 0.601. The molecule has 0 amide bonds. The first-order valence-electron chi connectivity index (χ1n) is 4.72. The van der Waals surface area contributed by atoms with E-state index in [2.05, 4.69) is 5.32 Å². The van der Waals surface area contributed by atoms with Gasteiger partial charge in [-0.2, -0.15) is 0 Å². The van der Waals surface area contributed by atoms with Crippen LogP contribution >= 0.6 is 0 Å². The molecular formula is C9H15NO2. The largest absolute Gasteiger partial charge is 0.481 e. The number of carboxylic acids is 1. The highest BCUT2D eigenvalue weighted by molar-refractivity contribution is 5.73. The van der Waals surface area contributed by atoms with Crippen molar-refractivity contribution in [2.24, 2.45) is 17.8 Å². The van der Waals surface area contributed by atoms with Crippen LogP contribution in [0.2, 0.25) is 0 Å². The lowest BCUT2D eigenvalue weighted by atomic mass is 9.92. The average molecular weight is 169 g/mol. The number of carboxylic acid groups (broad SMARTS) is 1. The lowest BCUT2D eigenvalue weighted by molar-refractivity contribution is -0.139. The van der Waals surface area contributed by atoms with Crippen molar-refractivity contribution in [3.63, 3.8) is 0 Å². The number of hydrogen-bond donors (Lipinski definition) is 2. The van der Waals surface area contributed by atoms with Crippen LogP contribution in [-0.2, 0) is 4.79 Å². The van der Waals surface area contributed by atoms with Gasteiger partial charge in [0.15, 0.2) is 0 Å². The minimum atomic E-state index is -0.585. The summed E-state index contributed by atoms with van der Waals surface area (Å²) in [6.45, 7) is 2.15. The van der Waals surface area contributed by atoms with Gasteiger partial charge in [0.2, 0.25) is 0 Å². The van der Waals surface area contributed by atoms with Crippen molar-refractivity contribution in [2.45, 2.75) is 19.3 Å². The molecule has 2 aliphatic rings. The topological polar surface area (TPSA) is 49.3 Å². The van der Waals surface area contributed by atoms with Gasteiger partial charge in [0.25, 0.3) is 0 Å². The van der Waals surface area contributed by atoms with E-state index in [1.807, 2.05) is 0 Å². The molecule has 0 aromatic heterocycles. The predicted molar refractivity (Wildman–Crippen MR) is 44.8 cm³/mol. The molecule has 68 valence electrons. The maximum Gasteiger partial charge on any atom is 0.306 e. The highest BCUT2D eigenvalue weighted by Gasteiger charge is 2.47. The van der Waals surface area contributed by atoms with Gasteiger partial charge in [-0.1, -0.05) is 0 Å². The van der Waals surface area contributed by atoms with Crippen LogP contribution in [0.25, 0.3) is 0 Å². The fraction of sp³-hybridized carbons (Fsp3) is 0.889. The molecule has 1 saturated heterocycles. The molecule has 12 heavy (non-hydrogen) atoms. The zero-order chi connectivity index (χ0) is 8.55. The minimum Gasteiger partial charge on any atom is -0.481 e. The van der Waals surface area contributed by atoms with E-state index in [0.29, 0.717) is 11.8 Å². The second-order valence-electron chi connectivity index (χ2n) is 3.93. The van der Waals surface area contributed by atoms with Crippen molar-refractivity contribution in [1.82, 2.24) is 5.32 Å². The lowest BCUT2D eigenvalue weighted by Gasteiger charge is -2.22. The van der Waals surface area contributed by atoms with E-state index in [-0.39, 0.29) is 5.92 Å². The van der Waals surface area contributed by atoms with Crippen LogP contribution in [0.5, 0.6) is 0 Å². The molecule has 2 rings (SSSR count). The summed E-state index contributed by atoms with van der Waals surface area (Å²) in [4.78, 5) is 10.6. The van der Waals surface area contributed by atoms with E-state index in [0.717, 1.165) is 19.5 Å². The van der Waals surface area contributed by atoms with Gasteiger partial charge in [-0.05, 0) is 44.2 Å². The van der Waals surface area contributed by atoms with Gasteiger partial charge in [-0.25, -0.2) is 0 Å². The molecule has 1 aliphatic heterocycles. The molecule has 3 heteroatoms. The van der Waals surface area contributed by atoms with Gasteiger partial charge in [-0.15, -0.1) is 0 Å². The van der Waals surface area contributed by atoms with Crippen molar-refractivity contribution in [1.29, 1.82) is 0 Å². The van der Waals surface area contributed by atoms with Gasteiger partial charge in [-0.3, -0.25) is 4.79 Å². The number of carbonyl (C=O) groups is 1. The van der Waals surface area contributed by atoms with Crippen molar-refractivity contribution in [3.8, 4) is 0 Å². The molecular weight excluding hydrogens is 154 g/mol. The molecule has 3 nitrogen and oxygen atoms in total. The van der Waals surface area contributed by atoms with E-state index in [4.69, 9.17) is 5.11 Å². The standard InChI is InChI=1S/C9H15NO2/c11-9(12)8-5-7(8)6-1-3-10-4-2-6/h6-8,10H,1-5H2,(H,11,12)/t7-,8-/m1/s1. The van der Waals surface area contributed by atoms with Crippen LogP contribution in [0.4, 0.5) is 0 Å². The van der Waals surface area contributed by atoms with E-state index in [9.17, 15) is 4.79 Å². The Labute approximate surface area is 72.2 Å². The first-order valence-corrected chi connectivity index (χ1v) is 4.72. The van der Waals surface area contributed by atoms with Crippen molar-refractivity contribution < 1.29 is 9.90 Å². The zero-order valence-electron chi connectivity index (χ0n) is 7.12. The fourth-order valence-corrected chi connectivity index (χ4v) is 2.29. The number of aliphatic carboxylic acids is 1. The third-order valence-corrected chi connectivity index (χ3v) is 3.15. The van der Waals surface area contributed by atoms with Crippen LogP contribution in [0.3, 0.4) is 0 Å². The minimum absolute atomic E-state index is 0.00639. The summed E-state index contributed by atoms with van der Waals surface area (Å²) >= 11 is 0. The van der Waals surface area contributed by atoms with Crippen LogP contribution in [0.15, 0.2) is 0 Å². The molecule has 0 bridgehead atoms. The van der Waals surface area contributed by atoms with Gasteiger partial charge in [0, 0.05) is 0 Å². The molecule has 0 spiro atoms. The molecule has 2 fully saturated rings. The van der Waals surface area contributed by atoms with Crippen LogP contribution < -0.4 is 5.32 Å². The molecule has 0 radical (unpaired) electrons. The SMILES string of the molecule is O=C(O)[C@@H]1C[C@@H]1C1CCNCC1. The van der Waals surface area contributed by atoms with Crippen LogP contribution in [0.1, 0.15) is 19.3 Å². The van der Waals surface area contributed by atoms with E-state index in [1.165, 1.54) is 12.8 Å². The molecule has 0 aromatic carbocycles. The van der Waals surface area contributed by atoms with Gasteiger partial charge in [0.05, 0.1) is 5.92 Å². The van der Waals surface area contributed by atoms with E-state index < -0.39 is 5.97 Å². The smallest absolute Gasteiger partial charge is 0.306 e. The summed E-state index contributed by atoms with van der Waals surface area (Å²) in [5, 5.41) is 12.0. The molecule has 0 aromatic rings. The van der Waals surface area contributed by atoms with Gasteiger partial charge < -0.3 is 10.4 Å². The zero-order valence-corrected chi connectivity index (χ0v) is 7.12. The summed E-state index contributed by atoms with van der Waals surface area (Å²) in [5.41, 5.74) is 0. The summed E-state index contributed by atoms with van der Waals surface area (Å²) in [6.07, 6.45) is 3.28. The Balaban J connectivity index is 1.83. The number of rotatable bonds is 2. The van der Waals surface area contributed by atoms with E-state index in [1.54, 1.807) is 0 Å². The highest BCUT2D eigenvalue weighted by atomic mass is 16.4. The second-order valence-corrected chi connectivity index (χ2v) is 3.93. The molecule has 2 N–H and O–H groups in total. The molecule has 1 saturated carbocycles. The maximum atomic E-state index is 10.6.